The van der Waals surface area contributed by atoms with Crippen LogP contribution in [-0.4, -0.2) is 25.1 Å². The minimum Gasteiger partial charge on any atom is -0.343 e. The monoisotopic (exact) mass is 318 g/mol. The molecule has 2 rings (SSSR count). The zero-order chi connectivity index (χ0) is 15.5. The molecular formula is C11H12F2N4O3S. The molecule has 0 radical (unpaired) electrons. The first-order chi connectivity index (χ1) is 9.95. The van der Waals surface area contributed by atoms with Gasteiger partial charge >= 0.3 is 0 Å². The molecular weight excluding hydrogens is 306 g/mol. The molecule has 0 atom stereocenters. The smallest absolute Gasteiger partial charge is 0.243 e. The molecule has 0 spiro atoms. The molecule has 0 amide bonds. The molecule has 0 unspecified atom stereocenters. The van der Waals surface area contributed by atoms with Crippen LogP contribution < -0.4 is 10.5 Å². The molecule has 21 heavy (non-hydrogen) atoms. The Kier molecular flexibility index (Phi) is 4.60. The van der Waals surface area contributed by atoms with Gasteiger partial charge in [0.2, 0.25) is 16.4 Å². The lowest BCUT2D eigenvalue weighted by Crippen LogP contribution is -2.27. The third kappa shape index (κ3) is 3.40. The SMILES string of the molecule is NCc1c(F)ccc(S(=O)(=O)NCCc2ncon2)c1F. The minimum absolute atomic E-state index is 0.0589. The predicted molar refractivity (Wildman–Crippen MR) is 67.4 cm³/mol. The van der Waals surface area contributed by atoms with E-state index >= 15 is 0 Å². The highest BCUT2D eigenvalue weighted by Gasteiger charge is 2.22. The first kappa shape index (κ1) is 15.5. The van der Waals surface area contributed by atoms with E-state index in [1.54, 1.807) is 0 Å². The second-order valence-corrected chi connectivity index (χ2v) is 5.77. The second-order valence-electron chi connectivity index (χ2n) is 4.04. The summed E-state index contributed by atoms with van der Waals surface area (Å²) in [4.78, 5) is 3.06. The molecule has 0 aliphatic heterocycles. The zero-order valence-electron chi connectivity index (χ0n) is 10.7. The van der Waals surface area contributed by atoms with E-state index in [0.29, 0.717) is 5.82 Å². The molecule has 1 aromatic carbocycles. The van der Waals surface area contributed by atoms with Crippen molar-refractivity contribution in [1.29, 1.82) is 0 Å². The molecule has 0 aliphatic rings. The van der Waals surface area contributed by atoms with Crippen LogP contribution in [0, 0.1) is 11.6 Å². The number of hydrogen-bond donors (Lipinski definition) is 2. The Balaban J connectivity index is 2.16. The molecule has 0 bridgehead atoms. The maximum absolute atomic E-state index is 14.0. The van der Waals surface area contributed by atoms with Gasteiger partial charge in [0.05, 0.1) is 0 Å². The van der Waals surface area contributed by atoms with Crippen LogP contribution in [0.4, 0.5) is 8.78 Å². The molecule has 0 saturated carbocycles. The number of halogens is 2. The number of nitrogens with zero attached hydrogens (tertiary/aromatic N) is 2. The molecule has 1 heterocycles. The highest BCUT2D eigenvalue weighted by molar-refractivity contribution is 7.89. The second kappa shape index (κ2) is 6.24. The van der Waals surface area contributed by atoms with Crippen LogP contribution in [0.2, 0.25) is 0 Å². The average molecular weight is 318 g/mol. The van der Waals surface area contributed by atoms with Gasteiger partial charge in [0, 0.05) is 25.1 Å². The van der Waals surface area contributed by atoms with Gasteiger partial charge in [-0.1, -0.05) is 5.16 Å². The number of benzene rings is 1. The summed E-state index contributed by atoms with van der Waals surface area (Å²) in [6.07, 6.45) is 1.28. The molecule has 1 aromatic heterocycles. The van der Waals surface area contributed by atoms with Crippen molar-refractivity contribution in [3.05, 3.63) is 41.5 Å². The highest BCUT2D eigenvalue weighted by Crippen LogP contribution is 2.20. The van der Waals surface area contributed by atoms with Crippen molar-refractivity contribution in [2.24, 2.45) is 5.73 Å². The maximum Gasteiger partial charge on any atom is 0.243 e. The van der Waals surface area contributed by atoms with Crippen LogP contribution >= 0.6 is 0 Å². The third-order valence-corrected chi connectivity index (χ3v) is 4.17. The normalized spacial score (nSPS) is 11.8. The van der Waals surface area contributed by atoms with Gasteiger partial charge in [0.1, 0.15) is 10.7 Å². The molecule has 3 N–H and O–H groups in total. The summed E-state index contributed by atoms with van der Waals surface area (Å²) in [5, 5.41) is 3.50. The lowest BCUT2D eigenvalue weighted by atomic mass is 10.2. The summed E-state index contributed by atoms with van der Waals surface area (Å²) in [7, 11) is -4.13. The molecule has 2 aromatic rings. The summed E-state index contributed by atoms with van der Waals surface area (Å²) >= 11 is 0. The zero-order valence-corrected chi connectivity index (χ0v) is 11.5. The Morgan fingerprint density at radius 1 is 1.33 bits per heavy atom. The van der Waals surface area contributed by atoms with E-state index < -0.39 is 38.7 Å². The van der Waals surface area contributed by atoms with Crippen molar-refractivity contribution in [2.45, 2.75) is 17.9 Å². The Morgan fingerprint density at radius 3 is 2.71 bits per heavy atom. The summed E-state index contributed by atoms with van der Waals surface area (Å²) in [6, 6.07) is 1.71. The number of hydrogen-bond acceptors (Lipinski definition) is 6. The Hall–Kier alpha value is -1.91. The average Bonchev–Trinajstić information content (AvgIpc) is 2.92. The first-order valence-corrected chi connectivity index (χ1v) is 7.36. The third-order valence-electron chi connectivity index (χ3n) is 2.69. The van der Waals surface area contributed by atoms with Crippen molar-refractivity contribution >= 4 is 10.0 Å². The van der Waals surface area contributed by atoms with Gasteiger partial charge in [0.25, 0.3) is 0 Å². The van der Waals surface area contributed by atoms with E-state index in [4.69, 9.17) is 5.73 Å². The van der Waals surface area contributed by atoms with E-state index in [1.807, 2.05) is 0 Å². The van der Waals surface area contributed by atoms with Gasteiger partial charge in [-0.25, -0.2) is 21.9 Å². The number of nitrogens with one attached hydrogen (secondary N) is 1. The van der Waals surface area contributed by atoms with Crippen LogP contribution in [0.25, 0.3) is 0 Å². The van der Waals surface area contributed by atoms with Gasteiger partial charge in [-0.15, -0.1) is 0 Å². The summed E-state index contributed by atoms with van der Waals surface area (Å²) in [5.41, 5.74) is 4.73. The standard InChI is InChI=1S/C11H12F2N4O3S/c12-8-1-2-9(11(13)7(8)5-14)21(18,19)16-4-3-10-15-6-20-17-10/h1-2,6,16H,3-5,14H2. The molecule has 7 nitrogen and oxygen atoms in total. The lowest BCUT2D eigenvalue weighted by molar-refractivity contribution is 0.409. The minimum atomic E-state index is -4.13. The molecule has 0 aliphatic carbocycles. The van der Waals surface area contributed by atoms with Gasteiger partial charge in [-0.3, -0.25) is 0 Å². The Morgan fingerprint density at radius 2 is 2.10 bits per heavy atom. The van der Waals surface area contributed by atoms with Crippen molar-refractivity contribution in [3.63, 3.8) is 0 Å². The molecule has 114 valence electrons. The predicted octanol–water partition coefficient (Wildman–Crippen LogP) is 0.327. The van der Waals surface area contributed by atoms with Crippen LogP contribution in [0.1, 0.15) is 11.4 Å². The number of aromatic nitrogens is 2. The van der Waals surface area contributed by atoms with Gasteiger partial charge in [-0.2, -0.15) is 4.98 Å². The molecule has 10 heteroatoms. The van der Waals surface area contributed by atoms with E-state index in [0.717, 1.165) is 18.5 Å². The van der Waals surface area contributed by atoms with Crippen LogP contribution in [0.3, 0.4) is 0 Å². The fourth-order valence-electron chi connectivity index (χ4n) is 1.65. The molecule has 0 saturated heterocycles. The molecule has 0 fully saturated rings. The van der Waals surface area contributed by atoms with Crippen LogP contribution in [0.5, 0.6) is 0 Å². The van der Waals surface area contributed by atoms with Crippen LogP contribution in [-0.2, 0) is 23.0 Å². The van der Waals surface area contributed by atoms with Gasteiger partial charge in [-0.05, 0) is 12.1 Å². The summed E-state index contributed by atoms with van der Waals surface area (Å²) < 4.78 is 57.9. The van der Waals surface area contributed by atoms with Crippen LogP contribution in [0.15, 0.2) is 27.9 Å². The number of rotatable bonds is 6. The Bertz CT molecular complexity index is 719. The van der Waals surface area contributed by atoms with Crippen molar-refractivity contribution in [3.8, 4) is 0 Å². The van der Waals surface area contributed by atoms with E-state index in [2.05, 4.69) is 19.4 Å². The summed E-state index contributed by atoms with van der Waals surface area (Å²) in [6.45, 7) is -0.499. The fourth-order valence-corrected chi connectivity index (χ4v) is 2.78. The largest absolute Gasteiger partial charge is 0.343 e. The van der Waals surface area contributed by atoms with Crippen molar-refractivity contribution in [2.75, 3.05) is 6.54 Å². The van der Waals surface area contributed by atoms with E-state index in [-0.39, 0.29) is 13.0 Å². The summed E-state index contributed by atoms with van der Waals surface area (Å²) in [5.74, 6) is -1.77. The maximum atomic E-state index is 14.0. The van der Waals surface area contributed by atoms with Crippen molar-refractivity contribution < 1.29 is 21.7 Å². The van der Waals surface area contributed by atoms with E-state index in [9.17, 15) is 17.2 Å². The topological polar surface area (TPSA) is 111 Å². The number of nitrogens with two attached hydrogens (primary N) is 1. The quantitative estimate of drug-likeness (QED) is 0.794. The van der Waals surface area contributed by atoms with E-state index in [1.165, 1.54) is 0 Å². The lowest BCUT2D eigenvalue weighted by Gasteiger charge is -2.09. The highest BCUT2D eigenvalue weighted by atomic mass is 32.2. The Labute approximate surface area is 119 Å². The van der Waals surface area contributed by atoms with Gasteiger partial charge in [0.15, 0.2) is 11.6 Å². The fraction of sp³-hybridized carbons (Fsp3) is 0.273. The van der Waals surface area contributed by atoms with Crippen molar-refractivity contribution in [1.82, 2.24) is 14.9 Å². The first-order valence-electron chi connectivity index (χ1n) is 5.87. The van der Waals surface area contributed by atoms with Gasteiger partial charge < -0.3 is 10.3 Å². The number of sulfonamides is 1.